The smallest absolute Gasteiger partial charge is 0.0199 e. The van der Waals surface area contributed by atoms with Gasteiger partial charge < -0.3 is 0 Å². The first-order valence-corrected chi connectivity index (χ1v) is 3.47. The van der Waals surface area contributed by atoms with Crippen molar-refractivity contribution >= 4 is 0 Å². The Bertz CT molecular complexity index is 113. The van der Waals surface area contributed by atoms with Gasteiger partial charge in [0.2, 0.25) is 0 Å². The minimum Gasteiger partial charge on any atom is -0.0879 e. The third-order valence-electron chi connectivity index (χ3n) is 2.31. The van der Waals surface area contributed by atoms with Gasteiger partial charge in [-0.15, -0.1) is 0 Å². The molecule has 0 aromatic heterocycles. The lowest BCUT2D eigenvalue weighted by Gasteiger charge is -2.04. The molecule has 1 fully saturated rings. The van der Waals surface area contributed by atoms with E-state index in [1.54, 1.807) is 0 Å². The molecule has 2 unspecified atom stereocenters. The van der Waals surface area contributed by atoms with E-state index in [9.17, 15) is 0 Å². The first kappa shape index (κ1) is 4.60. The lowest BCUT2D eigenvalue weighted by Crippen LogP contribution is -1.96. The second kappa shape index (κ2) is 1.61. The summed E-state index contributed by atoms with van der Waals surface area (Å²) in [6.07, 6.45) is 11.3. The highest BCUT2D eigenvalue weighted by atomic mass is 14.3. The Morgan fingerprint density at radius 1 is 1.25 bits per heavy atom. The maximum Gasteiger partial charge on any atom is -0.0199 e. The second-order valence-electron chi connectivity index (χ2n) is 2.80. The van der Waals surface area contributed by atoms with Gasteiger partial charge in [0.05, 0.1) is 0 Å². The van der Waals surface area contributed by atoms with Crippen LogP contribution in [-0.2, 0) is 0 Å². The molecular weight excluding hydrogens is 96.1 g/mol. The van der Waals surface area contributed by atoms with Crippen LogP contribution in [0, 0.1) is 18.3 Å². The fraction of sp³-hybridized carbons (Fsp3) is 0.625. The van der Waals surface area contributed by atoms with Crippen molar-refractivity contribution in [2.45, 2.75) is 19.3 Å². The molecule has 0 heteroatoms. The monoisotopic (exact) mass is 107 g/mol. The summed E-state index contributed by atoms with van der Waals surface area (Å²) in [4.78, 5) is 0. The van der Waals surface area contributed by atoms with Crippen LogP contribution < -0.4 is 0 Å². The van der Waals surface area contributed by atoms with E-state index in [4.69, 9.17) is 0 Å². The van der Waals surface area contributed by atoms with Crippen molar-refractivity contribution in [3.8, 4) is 0 Å². The van der Waals surface area contributed by atoms with Crippen LogP contribution in [0.15, 0.2) is 12.2 Å². The number of allylic oxidation sites excluding steroid dienone is 2. The standard InChI is InChI=1S/C8H11/c1-3-7-5-2-6-8(7)4-1/h1,3,6-8H,2,4-5H2. The Kier molecular flexibility index (Phi) is 0.927. The Hall–Kier alpha value is -0.260. The fourth-order valence-electron chi connectivity index (χ4n) is 1.81. The molecule has 0 saturated heterocycles. The normalized spacial score (nSPS) is 43.0. The fourth-order valence-corrected chi connectivity index (χ4v) is 1.81. The van der Waals surface area contributed by atoms with Gasteiger partial charge >= 0.3 is 0 Å². The number of hydrogen-bond acceptors (Lipinski definition) is 0. The van der Waals surface area contributed by atoms with Crippen LogP contribution in [0.25, 0.3) is 0 Å². The summed E-state index contributed by atoms with van der Waals surface area (Å²) >= 11 is 0. The van der Waals surface area contributed by atoms with Crippen LogP contribution in [0.1, 0.15) is 19.3 Å². The van der Waals surface area contributed by atoms with Crippen molar-refractivity contribution in [3.63, 3.8) is 0 Å². The maximum atomic E-state index is 2.48. The summed E-state index contributed by atoms with van der Waals surface area (Å²) < 4.78 is 0. The van der Waals surface area contributed by atoms with Crippen LogP contribution in [0.4, 0.5) is 0 Å². The van der Waals surface area contributed by atoms with Gasteiger partial charge in [0.15, 0.2) is 0 Å². The predicted molar refractivity (Wildman–Crippen MR) is 34.3 cm³/mol. The molecule has 1 radical (unpaired) electrons. The molecule has 2 atom stereocenters. The highest BCUT2D eigenvalue weighted by Gasteiger charge is 2.27. The highest BCUT2D eigenvalue weighted by molar-refractivity contribution is 5.09. The lowest BCUT2D eigenvalue weighted by molar-refractivity contribution is 0.545. The summed E-state index contributed by atoms with van der Waals surface area (Å²) in [5.74, 6) is 1.88. The summed E-state index contributed by atoms with van der Waals surface area (Å²) in [5, 5.41) is 0. The minimum absolute atomic E-state index is 0.940. The van der Waals surface area contributed by atoms with Gasteiger partial charge in [0.1, 0.15) is 0 Å². The second-order valence-corrected chi connectivity index (χ2v) is 2.80. The Labute approximate surface area is 50.6 Å². The van der Waals surface area contributed by atoms with E-state index in [0.717, 1.165) is 11.8 Å². The van der Waals surface area contributed by atoms with Gasteiger partial charge in [-0.25, -0.2) is 0 Å². The molecule has 0 aromatic carbocycles. The van der Waals surface area contributed by atoms with E-state index in [-0.39, 0.29) is 0 Å². The summed E-state index contributed by atoms with van der Waals surface area (Å²) in [5.41, 5.74) is 0. The first-order chi connectivity index (χ1) is 3.97. The largest absolute Gasteiger partial charge is 0.0879 e. The number of fused-ring (bicyclic) bond motifs is 1. The molecule has 1 saturated carbocycles. The molecule has 43 valence electrons. The third-order valence-corrected chi connectivity index (χ3v) is 2.31. The van der Waals surface area contributed by atoms with Crippen molar-refractivity contribution in [1.82, 2.24) is 0 Å². The molecule has 2 aliphatic rings. The van der Waals surface area contributed by atoms with Gasteiger partial charge in [0, 0.05) is 0 Å². The average Bonchev–Trinajstić information content (AvgIpc) is 2.15. The molecule has 0 amide bonds. The van der Waals surface area contributed by atoms with Gasteiger partial charge in [-0.05, 0) is 37.5 Å². The molecule has 2 aliphatic carbocycles. The Morgan fingerprint density at radius 2 is 2.25 bits per heavy atom. The van der Waals surface area contributed by atoms with E-state index in [0.29, 0.717) is 0 Å². The SMILES string of the molecule is [CH]1CCC2C=CCC12. The van der Waals surface area contributed by atoms with Crippen LogP contribution in [0.5, 0.6) is 0 Å². The molecule has 2 rings (SSSR count). The predicted octanol–water partition coefficient (Wildman–Crippen LogP) is 2.18. The molecule has 0 nitrogen and oxygen atoms in total. The lowest BCUT2D eigenvalue weighted by atomic mass is 10.0. The van der Waals surface area contributed by atoms with Gasteiger partial charge in [-0.3, -0.25) is 0 Å². The molecule has 0 aromatic rings. The van der Waals surface area contributed by atoms with Crippen LogP contribution in [-0.4, -0.2) is 0 Å². The van der Waals surface area contributed by atoms with Crippen LogP contribution >= 0.6 is 0 Å². The van der Waals surface area contributed by atoms with Crippen LogP contribution in [0.2, 0.25) is 0 Å². The van der Waals surface area contributed by atoms with E-state index in [1.807, 2.05) is 0 Å². The van der Waals surface area contributed by atoms with Gasteiger partial charge in [-0.1, -0.05) is 12.2 Å². The van der Waals surface area contributed by atoms with Gasteiger partial charge in [-0.2, -0.15) is 0 Å². The zero-order chi connectivity index (χ0) is 5.40. The average molecular weight is 107 g/mol. The van der Waals surface area contributed by atoms with E-state index >= 15 is 0 Å². The van der Waals surface area contributed by atoms with Crippen molar-refractivity contribution in [2.75, 3.05) is 0 Å². The summed E-state index contributed by atoms with van der Waals surface area (Å²) in [7, 11) is 0. The molecular formula is C8H11. The number of hydrogen-bond donors (Lipinski definition) is 0. The molecule has 8 heavy (non-hydrogen) atoms. The van der Waals surface area contributed by atoms with E-state index in [2.05, 4.69) is 18.6 Å². The molecule has 0 spiro atoms. The molecule has 0 aliphatic heterocycles. The highest BCUT2D eigenvalue weighted by Crippen LogP contribution is 2.38. The number of rotatable bonds is 0. The van der Waals surface area contributed by atoms with Gasteiger partial charge in [0.25, 0.3) is 0 Å². The molecule has 0 bridgehead atoms. The zero-order valence-corrected chi connectivity index (χ0v) is 5.01. The minimum atomic E-state index is 0.940. The van der Waals surface area contributed by atoms with Crippen molar-refractivity contribution in [3.05, 3.63) is 18.6 Å². The summed E-state index contributed by atoms with van der Waals surface area (Å²) in [6.45, 7) is 0. The van der Waals surface area contributed by atoms with Crippen molar-refractivity contribution in [1.29, 1.82) is 0 Å². The third kappa shape index (κ3) is 0.521. The quantitative estimate of drug-likeness (QED) is 0.416. The van der Waals surface area contributed by atoms with Crippen LogP contribution in [0.3, 0.4) is 0 Å². The zero-order valence-electron chi connectivity index (χ0n) is 5.01. The van der Waals surface area contributed by atoms with Crippen molar-refractivity contribution < 1.29 is 0 Å². The summed E-state index contributed by atoms with van der Waals surface area (Å²) in [6, 6.07) is 0. The Balaban J connectivity index is 2.13. The van der Waals surface area contributed by atoms with Crippen molar-refractivity contribution in [2.24, 2.45) is 11.8 Å². The maximum absolute atomic E-state index is 2.48. The first-order valence-electron chi connectivity index (χ1n) is 3.47. The molecule has 0 N–H and O–H groups in total. The van der Waals surface area contributed by atoms with E-state index in [1.165, 1.54) is 19.3 Å². The van der Waals surface area contributed by atoms with E-state index < -0.39 is 0 Å². The Morgan fingerprint density at radius 3 is 3.12 bits per heavy atom. The molecule has 0 heterocycles. The topological polar surface area (TPSA) is 0 Å².